The van der Waals surface area contributed by atoms with E-state index in [0.29, 0.717) is 19.5 Å². The van der Waals surface area contributed by atoms with Gasteiger partial charge in [0.2, 0.25) is 5.91 Å². The van der Waals surface area contributed by atoms with Crippen molar-refractivity contribution in [3.8, 4) is 0 Å². The lowest BCUT2D eigenvalue weighted by molar-refractivity contribution is -0.143. The maximum absolute atomic E-state index is 12.3. The summed E-state index contributed by atoms with van der Waals surface area (Å²) in [5.41, 5.74) is 1.70. The van der Waals surface area contributed by atoms with Crippen LogP contribution >= 0.6 is 0 Å². The number of aryl methyl sites for hydroxylation is 1. The Hall–Kier alpha value is -1.56. The fourth-order valence-electron chi connectivity index (χ4n) is 2.66. The molecule has 0 radical (unpaired) electrons. The summed E-state index contributed by atoms with van der Waals surface area (Å²) in [7, 11) is 0. The quantitative estimate of drug-likeness (QED) is 0.926. The zero-order chi connectivity index (χ0) is 15.5. The third-order valence-corrected chi connectivity index (χ3v) is 3.68. The maximum atomic E-state index is 12.3. The zero-order valence-electron chi connectivity index (χ0n) is 11.9. The van der Waals surface area contributed by atoms with E-state index in [9.17, 15) is 18.0 Å². The minimum Gasteiger partial charge on any atom is -0.325 e. The molecular formula is C15H19F3N2O. The molecule has 0 bridgehead atoms. The highest BCUT2D eigenvalue weighted by Gasteiger charge is 2.35. The third-order valence-electron chi connectivity index (χ3n) is 3.68. The van der Waals surface area contributed by atoms with Gasteiger partial charge >= 0.3 is 6.18 Å². The van der Waals surface area contributed by atoms with Gasteiger partial charge in [0.25, 0.3) is 0 Å². The minimum absolute atomic E-state index is 0.142. The van der Waals surface area contributed by atoms with Gasteiger partial charge in [0.15, 0.2) is 0 Å². The number of para-hydroxylation sites is 1. The zero-order valence-corrected chi connectivity index (χ0v) is 11.9. The molecule has 1 aliphatic rings. The van der Waals surface area contributed by atoms with Crippen molar-refractivity contribution in [1.29, 1.82) is 0 Å². The monoisotopic (exact) mass is 300 g/mol. The van der Waals surface area contributed by atoms with Gasteiger partial charge in [-0.15, -0.1) is 0 Å². The second-order valence-electron chi connectivity index (χ2n) is 5.57. The molecule has 0 aromatic heterocycles. The summed E-state index contributed by atoms with van der Waals surface area (Å²) in [5.74, 6) is -0.576. The fraction of sp³-hybridized carbons (Fsp3) is 0.533. The second-order valence-corrected chi connectivity index (χ2v) is 5.57. The Bertz CT molecular complexity index is 502. The molecule has 0 saturated carbocycles. The molecule has 0 spiro atoms. The van der Waals surface area contributed by atoms with Crippen LogP contribution in [0.25, 0.3) is 0 Å². The highest BCUT2D eigenvalue weighted by atomic mass is 19.4. The van der Waals surface area contributed by atoms with Gasteiger partial charge in [0, 0.05) is 18.7 Å². The predicted octanol–water partition coefficient (Wildman–Crippen LogP) is 3.21. The van der Waals surface area contributed by atoms with Crippen LogP contribution in [0.3, 0.4) is 0 Å². The molecule has 1 N–H and O–H groups in total. The Morgan fingerprint density at radius 2 is 2.10 bits per heavy atom. The van der Waals surface area contributed by atoms with Crippen LogP contribution in [0, 0.1) is 12.8 Å². The van der Waals surface area contributed by atoms with Crippen LogP contribution in [0.1, 0.15) is 18.4 Å². The number of nitrogens with zero attached hydrogens (tertiary/aromatic N) is 1. The molecule has 21 heavy (non-hydrogen) atoms. The Labute approximate surface area is 122 Å². The number of benzene rings is 1. The number of halogens is 3. The van der Waals surface area contributed by atoms with Crippen LogP contribution in [0.15, 0.2) is 24.3 Å². The number of carbonyl (C=O) groups is 1. The lowest BCUT2D eigenvalue weighted by atomic mass is 10.1. The van der Waals surface area contributed by atoms with Gasteiger partial charge in [-0.3, -0.25) is 9.69 Å². The van der Waals surface area contributed by atoms with Gasteiger partial charge in [-0.05, 0) is 37.4 Å². The SMILES string of the molecule is Cc1ccccc1NC(=O)CN1CCC(CC(F)(F)F)C1. The van der Waals surface area contributed by atoms with Crippen LogP contribution in [-0.4, -0.2) is 36.6 Å². The summed E-state index contributed by atoms with van der Waals surface area (Å²) in [5, 5.41) is 2.80. The molecule has 1 heterocycles. The molecule has 1 fully saturated rings. The van der Waals surface area contributed by atoms with E-state index in [4.69, 9.17) is 0 Å². The number of alkyl halides is 3. The number of likely N-dealkylation sites (tertiary alicyclic amines) is 1. The van der Waals surface area contributed by atoms with E-state index in [1.807, 2.05) is 31.2 Å². The first-order valence-electron chi connectivity index (χ1n) is 6.98. The largest absolute Gasteiger partial charge is 0.389 e. The molecule has 6 heteroatoms. The van der Waals surface area contributed by atoms with E-state index >= 15 is 0 Å². The topological polar surface area (TPSA) is 32.3 Å². The van der Waals surface area contributed by atoms with Crippen molar-refractivity contribution in [2.24, 2.45) is 5.92 Å². The molecule has 1 saturated heterocycles. The average Bonchev–Trinajstić information content (AvgIpc) is 2.77. The van der Waals surface area contributed by atoms with Crippen LogP contribution < -0.4 is 5.32 Å². The number of rotatable bonds is 4. The summed E-state index contributed by atoms with van der Waals surface area (Å²) in [6.07, 6.45) is -4.38. The highest BCUT2D eigenvalue weighted by Crippen LogP contribution is 2.30. The Morgan fingerprint density at radius 3 is 2.76 bits per heavy atom. The average molecular weight is 300 g/mol. The van der Waals surface area contributed by atoms with Gasteiger partial charge in [-0.1, -0.05) is 18.2 Å². The molecule has 1 unspecified atom stereocenters. The summed E-state index contributed by atoms with van der Waals surface area (Å²) < 4.78 is 37.0. The predicted molar refractivity (Wildman–Crippen MR) is 75.0 cm³/mol. The standard InChI is InChI=1S/C15H19F3N2O/c1-11-4-2-3-5-13(11)19-14(21)10-20-7-6-12(9-20)8-15(16,17)18/h2-5,12H,6-10H2,1H3,(H,19,21). The lowest BCUT2D eigenvalue weighted by Gasteiger charge is -2.17. The van der Waals surface area contributed by atoms with E-state index in [0.717, 1.165) is 11.3 Å². The number of nitrogens with one attached hydrogen (secondary N) is 1. The van der Waals surface area contributed by atoms with E-state index in [-0.39, 0.29) is 12.5 Å². The minimum atomic E-state index is -4.12. The second kappa shape index (κ2) is 6.47. The van der Waals surface area contributed by atoms with Crippen molar-refractivity contribution >= 4 is 11.6 Å². The smallest absolute Gasteiger partial charge is 0.325 e. The van der Waals surface area contributed by atoms with Crippen molar-refractivity contribution in [3.05, 3.63) is 29.8 Å². The maximum Gasteiger partial charge on any atom is 0.389 e. The first kappa shape index (κ1) is 15.8. The summed E-state index contributed by atoms with van der Waals surface area (Å²) in [4.78, 5) is 13.7. The summed E-state index contributed by atoms with van der Waals surface area (Å²) in [6.45, 7) is 2.91. The lowest BCUT2D eigenvalue weighted by Crippen LogP contribution is -2.32. The van der Waals surface area contributed by atoms with E-state index in [2.05, 4.69) is 5.32 Å². The van der Waals surface area contributed by atoms with Crippen LogP contribution in [-0.2, 0) is 4.79 Å². The number of carbonyl (C=O) groups excluding carboxylic acids is 1. The van der Waals surface area contributed by atoms with Crippen LogP contribution in [0.5, 0.6) is 0 Å². The van der Waals surface area contributed by atoms with Crippen LogP contribution in [0.4, 0.5) is 18.9 Å². The van der Waals surface area contributed by atoms with Gasteiger partial charge in [-0.25, -0.2) is 0 Å². The Balaban J connectivity index is 1.81. The molecular weight excluding hydrogens is 281 g/mol. The first-order valence-corrected chi connectivity index (χ1v) is 6.98. The molecule has 1 amide bonds. The van der Waals surface area contributed by atoms with Crippen molar-refractivity contribution < 1.29 is 18.0 Å². The Morgan fingerprint density at radius 1 is 1.38 bits per heavy atom. The molecule has 1 aromatic rings. The van der Waals surface area contributed by atoms with Crippen molar-refractivity contribution in [1.82, 2.24) is 4.90 Å². The summed E-state index contributed by atoms with van der Waals surface area (Å²) in [6, 6.07) is 7.42. The van der Waals surface area contributed by atoms with Gasteiger partial charge in [-0.2, -0.15) is 13.2 Å². The number of anilines is 1. The van der Waals surface area contributed by atoms with E-state index < -0.39 is 18.5 Å². The van der Waals surface area contributed by atoms with Gasteiger partial charge < -0.3 is 5.32 Å². The number of hydrogen-bond acceptors (Lipinski definition) is 2. The molecule has 2 rings (SSSR count). The van der Waals surface area contributed by atoms with Crippen molar-refractivity contribution in [3.63, 3.8) is 0 Å². The van der Waals surface area contributed by atoms with Crippen molar-refractivity contribution in [2.45, 2.75) is 25.9 Å². The number of amides is 1. The molecule has 1 aliphatic heterocycles. The van der Waals surface area contributed by atoms with E-state index in [1.165, 1.54) is 0 Å². The van der Waals surface area contributed by atoms with Gasteiger partial charge in [0.05, 0.1) is 6.54 Å². The molecule has 3 nitrogen and oxygen atoms in total. The van der Waals surface area contributed by atoms with Gasteiger partial charge in [0.1, 0.15) is 0 Å². The highest BCUT2D eigenvalue weighted by molar-refractivity contribution is 5.92. The fourth-order valence-corrected chi connectivity index (χ4v) is 2.66. The molecule has 0 aliphatic carbocycles. The molecule has 1 aromatic carbocycles. The molecule has 1 atom stereocenters. The normalized spacial score (nSPS) is 19.7. The van der Waals surface area contributed by atoms with Crippen LogP contribution in [0.2, 0.25) is 0 Å². The molecule has 116 valence electrons. The number of hydrogen-bond donors (Lipinski definition) is 1. The Kier molecular flexibility index (Phi) is 4.88. The van der Waals surface area contributed by atoms with E-state index in [1.54, 1.807) is 4.90 Å². The first-order chi connectivity index (χ1) is 9.83. The van der Waals surface area contributed by atoms with Crippen molar-refractivity contribution in [2.75, 3.05) is 25.0 Å². The third kappa shape index (κ3) is 5.04. The summed E-state index contributed by atoms with van der Waals surface area (Å²) >= 11 is 0.